The van der Waals surface area contributed by atoms with Crippen LogP contribution in [0, 0.1) is 5.92 Å². The monoisotopic (exact) mass is 474 g/mol. The van der Waals surface area contributed by atoms with Gasteiger partial charge in [-0.3, -0.25) is 4.79 Å². The van der Waals surface area contributed by atoms with Crippen LogP contribution < -0.4 is 4.74 Å². The molecular weight excluding hydrogens is 450 g/mol. The number of hydrogen-bond acceptors (Lipinski definition) is 2. The lowest BCUT2D eigenvalue weighted by atomic mass is 9.76. The van der Waals surface area contributed by atoms with Crippen molar-refractivity contribution in [1.82, 2.24) is 0 Å². The van der Waals surface area contributed by atoms with Gasteiger partial charge in [0.2, 0.25) is 0 Å². The van der Waals surface area contributed by atoms with Crippen molar-refractivity contribution < 1.29 is 41.0 Å². The Bertz CT molecular complexity index is 935. The molecule has 0 bridgehead atoms. The van der Waals surface area contributed by atoms with Crippen molar-refractivity contribution in [3.05, 3.63) is 64.7 Å². The first-order valence-electron chi connectivity index (χ1n) is 10.7. The van der Waals surface area contributed by atoms with Gasteiger partial charge in [0.1, 0.15) is 12.4 Å². The third-order valence-electron chi connectivity index (χ3n) is 5.95. The zero-order chi connectivity index (χ0) is 24.2. The molecular formula is C24H24F6O3. The summed E-state index contributed by atoms with van der Waals surface area (Å²) in [6.45, 7) is -0.445. The van der Waals surface area contributed by atoms with Crippen molar-refractivity contribution >= 4 is 5.97 Å². The van der Waals surface area contributed by atoms with E-state index in [-0.39, 0.29) is 29.9 Å². The third-order valence-corrected chi connectivity index (χ3v) is 5.95. The summed E-state index contributed by atoms with van der Waals surface area (Å²) in [7, 11) is 0. The Morgan fingerprint density at radius 1 is 0.970 bits per heavy atom. The highest BCUT2D eigenvalue weighted by molar-refractivity contribution is 5.66. The topological polar surface area (TPSA) is 46.5 Å². The van der Waals surface area contributed by atoms with Gasteiger partial charge in [-0.15, -0.1) is 0 Å². The summed E-state index contributed by atoms with van der Waals surface area (Å²) >= 11 is 0. The number of rotatable bonds is 7. The Labute approximate surface area is 187 Å². The Morgan fingerprint density at radius 3 is 2.21 bits per heavy atom. The van der Waals surface area contributed by atoms with Crippen LogP contribution in [0.5, 0.6) is 5.75 Å². The molecule has 1 fully saturated rings. The molecule has 2 aromatic carbocycles. The Kier molecular flexibility index (Phi) is 7.59. The molecule has 0 heterocycles. The number of carbonyl (C=O) groups is 1. The second-order valence-corrected chi connectivity index (χ2v) is 8.40. The Balaban J connectivity index is 1.79. The van der Waals surface area contributed by atoms with Gasteiger partial charge in [0.25, 0.3) is 0 Å². The number of aliphatic carboxylic acids is 1. The van der Waals surface area contributed by atoms with Crippen LogP contribution >= 0.6 is 0 Å². The van der Waals surface area contributed by atoms with Crippen molar-refractivity contribution in [2.24, 2.45) is 5.92 Å². The maximum absolute atomic E-state index is 13.1. The maximum atomic E-state index is 13.1. The number of para-hydroxylation sites is 1. The minimum Gasteiger partial charge on any atom is -0.489 e. The Morgan fingerprint density at radius 2 is 1.61 bits per heavy atom. The highest BCUT2D eigenvalue weighted by Crippen LogP contribution is 2.42. The van der Waals surface area contributed by atoms with E-state index in [0.717, 1.165) is 31.2 Å². The number of benzene rings is 2. The van der Waals surface area contributed by atoms with Gasteiger partial charge in [-0.1, -0.05) is 31.0 Å². The number of ether oxygens (including phenoxy) is 1. The molecule has 33 heavy (non-hydrogen) atoms. The van der Waals surface area contributed by atoms with Gasteiger partial charge in [-0.25, -0.2) is 0 Å². The molecule has 1 N–H and O–H groups in total. The Hall–Kier alpha value is -2.71. The molecule has 2 unspecified atom stereocenters. The largest absolute Gasteiger partial charge is 0.489 e. The maximum Gasteiger partial charge on any atom is 0.416 e. The summed E-state index contributed by atoms with van der Waals surface area (Å²) in [6.07, 6.45) is -5.72. The van der Waals surface area contributed by atoms with Crippen LogP contribution in [0.4, 0.5) is 26.3 Å². The summed E-state index contributed by atoms with van der Waals surface area (Å²) in [5.74, 6) is -0.112. The van der Waals surface area contributed by atoms with Crippen molar-refractivity contribution in [2.75, 3.05) is 0 Å². The molecule has 0 aromatic heterocycles. The van der Waals surface area contributed by atoms with Gasteiger partial charge in [0, 0.05) is 6.42 Å². The quantitative estimate of drug-likeness (QED) is 0.424. The van der Waals surface area contributed by atoms with E-state index in [1.54, 1.807) is 18.2 Å². The summed E-state index contributed by atoms with van der Waals surface area (Å²) in [5.41, 5.74) is -2.15. The number of alkyl halides is 6. The molecule has 2 atom stereocenters. The van der Waals surface area contributed by atoms with E-state index in [0.29, 0.717) is 24.3 Å². The number of halogens is 6. The smallest absolute Gasteiger partial charge is 0.416 e. The molecule has 180 valence electrons. The molecule has 9 heteroatoms. The van der Waals surface area contributed by atoms with Gasteiger partial charge < -0.3 is 9.84 Å². The average Bonchev–Trinajstić information content (AvgIpc) is 2.75. The van der Waals surface area contributed by atoms with Crippen molar-refractivity contribution in [1.29, 1.82) is 0 Å². The predicted molar refractivity (Wildman–Crippen MR) is 109 cm³/mol. The first kappa shape index (κ1) is 24.9. The average molecular weight is 474 g/mol. The molecule has 1 aliphatic rings. The summed E-state index contributed by atoms with van der Waals surface area (Å²) in [5, 5.41) is 8.93. The summed E-state index contributed by atoms with van der Waals surface area (Å²) < 4.78 is 84.4. The second-order valence-electron chi connectivity index (χ2n) is 8.40. The number of carboxylic acid groups (broad SMARTS) is 1. The van der Waals surface area contributed by atoms with E-state index in [4.69, 9.17) is 9.84 Å². The zero-order valence-electron chi connectivity index (χ0n) is 17.7. The molecule has 3 nitrogen and oxygen atoms in total. The predicted octanol–water partition coefficient (Wildman–Crippen LogP) is 7.44. The lowest BCUT2D eigenvalue weighted by Crippen LogP contribution is -2.16. The van der Waals surface area contributed by atoms with Crippen LogP contribution in [0.2, 0.25) is 0 Å². The number of hydrogen-bond donors (Lipinski definition) is 1. The normalized spacial score (nSPS) is 19.3. The van der Waals surface area contributed by atoms with Crippen LogP contribution in [0.3, 0.4) is 0 Å². The lowest BCUT2D eigenvalue weighted by Gasteiger charge is -2.30. The molecule has 1 aliphatic carbocycles. The van der Waals surface area contributed by atoms with Crippen LogP contribution in [0.25, 0.3) is 0 Å². The van der Waals surface area contributed by atoms with E-state index in [2.05, 4.69) is 0 Å². The second kappa shape index (κ2) is 10.1. The van der Waals surface area contributed by atoms with Crippen molar-refractivity contribution in [2.45, 2.75) is 63.4 Å². The van der Waals surface area contributed by atoms with E-state index in [9.17, 15) is 31.1 Å². The van der Waals surface area contributed by atoms with Gasteiger partial charge in [0.15, 0.2) is 0 Å². The molecule has 0 saturated heterocycles. The van der Waals surface area contributed by atoms with Crippen LogP contribution in [0.15, 0.2) is 42.5 Å². The molecule has 0 radical (unpaired) electrons. The summed E-state index contributed by atoms with van der Waals surface area (Å²) in [4.78, 5) is 10.9. The van der Waals surface area contributed by atoms with Crippen LogP contribution in [-0.4, -0.2) is 11.1 Å². The highest BCUT2D eigenvalue weighted by Gasteiger charge is 2.37. The lowest BCUT2D eigenvalue weighted by molar-refractivity contribution is -0.143. The van der Waals surface area contributed by atoms with Crippen molar-refractivity contribution in [3.8, 4) is 5.75 Å². The standard InChI is InChI=1S/C24H24F6O3/c25-23(26,27)18-11-16(12-19(13-18)24(28,29)30)14-33-21-7-2-1-6-20(21)17-5-3-4-15(10-17)8-9-22(31)32/h1-2,6-7,11-13,15,17H,3-5,8-10,14H2,(H,31,32). The third kappa shape index (κ3) is 6.88. The fourth-order valence-corrected chi connectivity index (χ4v) is 4.38. The van der Waals surface area contributed by atoms with Gasteiger partial charge in [-0.05, 0) is 66.5 Å². The van der Waals surface area contributed by atoms with Gasteiger partial charge in [0.05, 0.1) is 11.1 Å². The first-order chi connectivity index (χ1) is 15.4. The van der Waals surface area contributed by atoms with Gasteiger partial charge >= 0.3 is 18.3 Å². The van der Waals surface area contributed by atoms with Crippen LogP contribution in [0.1, 0.15) is 66.7 Å². The summed E-state index contributed by atoms with van der Waals surface area (Å²) in [6, 6.07) is 8.41. The highest BCUT2D eigenvalue weighted by atomic mass is 19.4. The minimum absolute atomic E-state index is 0.0843. The molecule has 0 spiro atoms. The fourth-order valence-electron chi connectivity index (χ4n) is 4.38. The zero-order valence-corrected chi connectivity index (χ0v) is 17.7. The molecule has 3 rings (SSSR count). The molecule has 0 amide bonds. The van der Waals surface area contributed by atoms with Crippen LogP contribution in [-0.2, 0) is 23.8 Å². The van der Waals surface area contributed by atoms with Crippen molar-refractivity contribution in [3.63, 3.8) is 0 Å². The van der Waals surface area contributed by atoms with E-state index in [1.807, 2.05) is 6.07 Å². The fraction of sp³-hybridized carbons (Fsp3) is 0.458. The SMILES string of the molecule is O=C(O)CCC1CCCC(c2ccccc2OCc2cc(C(F)(F)F)cc(C(F)(F)F)c2)C1. The first-order valence-corrected chi connectivity index (χ1v) is 10.7. The van der Waals surface area contributed by atoms with E-state index >= 15 is 0 Å². The minimum atomic E-state index is -4.92. The van der Waals surface area contributed by atoms with E-state index in [1.165, 1.54) is 0 Å². The number of carboxylic acids is 1. The van der Waals surface area contributed by atoms with Gasteiger partial charge in [-0.2, -0.15) is 26.3 Å². The molecule has 0 aliphatic heterocycles. The van der Waals surface area contributed by atoms with E-state index < -0.39 is 36.1 Å². The molecule has 2 aromatic rings. The molecule has 1 saturated carbocycles.